The fourth-order valence-electron chi connectivity index (χ4n) is 3.74. The molecular weight excluding hydrogens is 377 g/mol. The van der Waals surface area contributed by atoms with E-state index in [9.17, 15) is 21.9 Å². The summed E-state index contributed by atoms with van der Waals surface area (Å²) in [5.74, 6) is -0.234. The first-order valence-corrected chi connectivity index (χ1v) is 9.65. The minimum absolute atomic E-state index is 0.234. The van der Waals surface area contributed by atoms with Crippen molar-refractivity contribution in [1.29, 1.82) is 0 Å². The highest BCUT2D eigenvalue weighted by atomic mass is 32.2. The highest BCUT2D eigenvalue weighted by molar-refractivity contribution is 7.79. The Balaban J connectivity index is 1.67. The Morgan fingerprint density at radius 1 is 0.889 bits per heavy atom. The Labute approximate surface area is 157 Å². The van der Waals surface area contributed by atoms with Gasteiger partial charge in [-0.2, -0.15) is 0 Å². The third-order valence-electron chi connectivity index (χ3n) is 5.27. The molecule has 2 aliphatic rings. The monoisotopic (exact) mass is 394 g/mol. The second-order valence-corrected chi connectivity index (χ2v) is 8.13. The zero-order valence-corrected chi connectivity index (χ0v) is 15.1. The van der Waals surface area contributed by atoms with E-state index in [0.29, 0.717) is 4.90 Å². The molecule has 2 aromatic rings. The highest BCUT2D eigenvalue weighted by Crippen LogP contribution is 2.63. The standard InChI is InChI=1S/C20H17F3O3S/c21-20(22,23)26-15-5-1-13(2-6-15)17-11-19(9-10-19)12-18(17)14-3-7-16(8-4-14)27(24)25/h1-8H,9-12H2,(H,24,25). The van der Waals surface area contributed by atoms with Crippen molar-refractivity contribution >= 4 is 22.2 Å². The average molecular weight is 394 g/mol. The molecule has 1 atom stereocenters. The molecule has 0 aromatic heterocycles. The van der Waals surface area contributed by atoms with Crippen LogP contribution < -0.4 is 4.74 Å². The van der Waals surface area contributed by atoms with E-state index in [0.717, 1.165) is 48.0 Å². The van der Waals surface area contributed by atoms with E-state index < -0.39 is 17.4 Å². The summed E-state index contributed by atoms with van der Waals surface area (Å²) < 4.78 is 61.4. The maximum absolute atomic E-state index is 12.4. The van der Waals surface area contributed by atoms with E-state index in [-0.39, 0.29) is 11.2 Å². The summed E-state index contributed by atoms with van der Waals surface area (Å²) in [4.78, 5) is 0.341. The van der Waals surface area contributed by atoms with Crippen molar-refractivity contribution in [2.24, 2.45) is 5.41 Å². The van der Waals surface area contributed by atoms with E-state index in [1.807, 2.05) is 12.1 Å². The largest absolute Gasteiger partial charge is 0.573 e. The molecule has 2 aromatic carbocycles. The first kappa shape index (κ1) is 18.3. The zero-order chi connectivity index (χ0) is 19.2. The lowest BCUT2D eigenvalue weighted by atomic mass is 9.97. The van der Waals surface area contributed by atoms with Crippen LogP contribution in [-0.2, 0) is 11.1 Å². The quantitative estimate of drug-likeness (QED) is 0.682. The Hall–Kier alpha value is -2.12. The number of hydrogen-bond donors (Lipinski definition) is 1. The summed E-state index contributed by atoms with van der Waals surface area (Å²) in [6.07, 6.45) is -0.589. The van der Waals surface area contributed by atoms with Gasteiger partial charge in [0.2, 0.25) is 0 Å². The van der Waals surface area contributed by atoms with Gasteiger partial charge in [0.15, 0.2) is 11.1 Å². The van der Waals surface area contributed by atoms with Crippen molar-refractivity contribution in [3.8, 4) is 5.75 Å². The normalized spacial score (nSPS) is 19.4. The summed E-state index contributed by atoms with van der Waals surface area (Å²) >= 11 is -2.02. The van der Waals surface area contributed by atoms with Crippen molar-refractivity contribution in [3.05, 3.63) is 59.7 Å². The molecule has 0 bridgehead atoms. The van der Waals surface area contributed by atoms with Gasteiger partial charge < -0.3 is 9.29 Å². The van der Waals surface area contributed by atoms with E-state index in [1.165, 1.54) is 12.1 Å². The molecule has 0 radical (unpaired) electrons. The molecule has 0 heterocycles. The first-order valence-electron chi connectivity index (χ1n) is 8.54. The summed E-state index contributed by atoms with van der Waals surface area (Å²) in [6.45, 7) is 0. The summed E-state index contributed by atoms with van der Waals surface area (Å²) in [5.41, 5.74) is 4.43. The number of hydrogen-bond acceptors (Lipinski definition) is 2. The smallest absolute Gasteiger partial charge is 0.406 e. The third-order valence-corrected chi connectivity index (χ3v) is 5.94. The van der Waals surface area contributed by atoms with Crippen LogP contribution in [0.2, 0.25) is 0 Å². The molecule has 3 nitrogen and oxygen atoms in total. The van der Waals surface area contributed by atoms with Gasteiger partial charge in [-0.3, -0.25) is 0 Å². The summed E-state index contributed by atoms with van der Waals surface area (Å²) in [7, 11) is 0. The molecule has 1 spiro atoms. The lowest BCUT2D eigenvalue weighted by Crippen LogP contribution is -2.17. The highest BCUT2D eigenvalue weighted by Gasteiger charge is 2.48. The van der Waals surface area contributed by atoms with Gasteiger partial charge in [0.25, 0.3) is 0 Å². The van der Waals surface area contributed by atoms with Gasteiger partial charge in [0, 0.05) is 0 Å². The molecular formula is C20H17F3O3S. The van der Waals surface area contributed by atoms with Crippen LogP contribution in [0.1, 0.15) is 36.8 Å². The second-order valence-electron chi connectivity index (χ2n) is 7.16. The molecule has 0 amide bonds. The van der Waals surface area contributed by atoms with E-state index in [4.69, 9.17) is 0 Å². The Morgan fingerprint density at radius 3 is 1.78 bits per heavy atom. The van der Waals surface area contributed by atoms with Crippen LogP contribution in [0.4, 0.5) is 13.2 Å². The van der Waals surface area contributed by atoms with E-state index >= 15 is 0 Å². The topological polar surface area (TPSA) is 46.5 Å². The van der Waals surface area contributed by atoms with Crippen molar-refractivity contribution < 1.29 is 26.7 Å². The van der Waals surface area contributed by atoms with Gasteiger partial charge >= 0.3 is 6.36 Å². The Kier molecular flexibility index (Phi) is 4.39. The predicted molar refractivity (Wildman–Crippen MR) is 96.3 cm³/mol. The molecule has 1 N–H and O–H groups in total. The number of alkyl halides is 3. The van der Waals surface area contributed by atoms with E-state index in [1.54, 1.807) is 24.3 Å². The Bertz CT molecular complexity index is 911. The molecule has 1 fully saturated rings. The molecule has 1 saturated carbocycles. The molecule has 0 aliphatic heterocycles. The average Bonchev–Trinajstić information content (AvgIpc) is 3.25. The van der Waals surface area contributed by atoms with Crippen LogP contribution in [0.5, 0.6) is 5.75 Å². The molecule has 7 heteroatoms. The van der Waals surface area contributed by atoms with Crippen LogP contribution in [0.15, 0.2) is 53.4 Å². The van der Waals surface area contributed by atoms with Crippen molar-refractivity contribution in [2.45, 2.75) is 36.9 Å². The molecule has 0 saturated heterocycles. The van der Waals surface area contributed by atoms with Crippen LogP contribution in [0, 0.1) is 5.41 Å². The van der Waals surface area contributed by atoms with Gasteiger partial charge in [-0.25, -0.2) is 4.21 Å². The number of ether oxygens (including phenoxy) is 1. The summed E-state index contributed by atoms with van der Waals surface area (Å²) in [5, 5.41) is 0. The maximum Gasteiger partial charge on any atom is 0.573 e. The van der Waals surface area contributed by atoms with Gasteiger partial charge in [0.05, 0.1) is 4.90 Å². The van der Waals surface area contributed by atoms with Gasteiger partial charge in [-0.15, -0.1) is 13.2 Å². The minimum Gasteiger partial charge on any atom is -0.406 e. The molecule has 2 aliphatic carbocycles. The third kappa shape index (κ3) is 3.94. The fraction of sp³-hybridized carbons (Fsp3) is 0.300. The lowest BCUT2D eigenvalue weighted by Gasteiger charge is -2.11. The van der Waals surface area contributed by atoms with Crippen LogP contribution >= 0.6 is 0 Å². The molecule has 4 rings (SSSR count). The number of halogens is 3. The van der Waals surface area contributed by atoms with Crippen LogP contribution in [0.25, 0.3) is 11.1 Å². The van der Waals surface area contributed by atoms with E-state index in [2.05, 4.69) is 4.74 Å². The zero-order valence-electron chi connectivity index (χ0n) is 14.3. The first-order chi connectivity index (χ1) is 12.7. The molecule has 1 unspecified atom stereocenters. The maximum atomic E-state index is 12.4. The Morgan fingerprint density at radius 2 is 1.37 bits per heavy atom. The molecule has 27 heavy (non-hydrogen) atoms. The van der Waals surface area contributed by atoms with Crippen LogP contribution in [0.3, 0.4) is 0 Å². The SMILES string of the molecule is O=S(O)c1ccc(C2=C(c3ccc(OC(F)(F)F)cc3)CC3(CC3)C2)cc1. The summed E-state index contributed by atoms with van der Waals surface area (Å²) in [6, 6.07) is 12.9. The van der Waals surface area contributed by atoms with Crippen molar-refractivity contribution in [1.82, 2.24) is 0 Å². The van der Waals surface area contributed by atoms with Gasteiger partial charge in [-0.05, 0) is 77.6 Å². The fourth-order valence-corrected chi connectivity index (χ4v) is 4.11. The molecule has 142 valence electrons. The number of benzene rings is 2. The number of rotatable bonds is 4. The van der Waals surface area contributed by atoms with Crippen molar-refractivity contribution in [3.63, 3.8) is 0 Å². The van der Waals surface area contributed by atoms with Gasteiger partial charge in [0.1, 0.15) is 5.75 Å². The van der Waals surface area contributed by atoms with Crippen molar-refractivity contribution in [2.75, 3.05) is 0 Å². The minimum atomic E-state index is -4.70. The van der Waals surface area contributed by atoms with Crippen LogP contribution in [-0.4, -0.2) is 15.1 Å². The second kappa shape index (κ2) is 6.49. The lowest BCUT2D eigenvalue weighted by molar-refractivity contribution is -0.274. The predicted octanol–water partition coefficient (Wildman–Crippen LogP) is 5.65. The number of allylic oxidation sites excluding steroid dienone is 2. The van der Waals surface area contributed by atoms with Gasteiger partial charge in [-0.1, -0.05) is 24.3 Å².